The van der Waals surface area contributed by atoms with E-state index in [0.717, 1.165) is 0 Å². The van der Waals surface area contributed by atoms with Gasteiger partial charge in [-0.2, -0.15) is 22.0 Å². The highest BCUT2D eigenvalue weighted by molar-refractivity contribution is 5.23. The van der Waals surface area contributed by atoms with Gasteiger partial charge in [0, 0.05) is 0 Å². The SMILES string of the molecule is NC(c1ccc(F)c(F)c1)C(F)(F)C(F)(F)F. The Morgan fingerprint density at radius 1 is 0.941 bits per heavy atom. The van der Waals surface area contributed by atoms with E-state index in [1.54, 1.807) is 0 Å². The summed E-state index contributed by atoms with van der Waals surface area (Å²) in [4.78, 5) is 0. The van der Waals surface area contributed by atoms with Gasteiger partial charge in [0.1, 0.15) is 6.04 Å². The van der Waals surface area contributed by atoms with Crippen LogP contribution in [0.5, 0.6) is 0 Å². The van der Waals surface area contributed by atoms with Crippen molar-refractivity contribution in [3.8, 4) is 0 Å². The van der Waals surface area contributed by atoms with Crippen LogP contribution in [0, 0.1) is 11.6 Å². The number of hydrogen-bond acceptors (Lipinski definition) is 1. The predicted molar refractivity (Wildman–Crippen MR) is 44.3 cm³/mol. The second-order valence-electron chi connectivity index (χ2n) is 3.27. The second kappa shape index (κ2) is 4.17. The standard InChI is InChI=1S/C9H6F7N/c10-5-2-1-4(3-6(5)11)7(17)8(12,13)9(14,15)16/h1-3,7H,17H2. The van der Waals surface area contributed by atoms with Crippen molar-refractivity contribution in [2.45, 2.75) is 18.1 Å². The van der Waals surface area contributed by atoms with E-state index in [-0.39, 0.29) is 6.07 Å². The van der Waals surface area contributed by atoms with Gasteiger partial charge in [-0.1, -0.05) is 6.07 Å². The zero-order valence-electron chi connectivity index (χ0n) is 8.03. The fraction of sp³-hybridized carbons (Fsp3) is 0.333. The van der Waals surface area contributed by atoms with Crippen molar-refractivity contribution in [2.24, 2.45) is 5.73 Å². The molecule has 0 aromatic heterocycles. The first-order chi connectivity index (χ1) is 7.57. The topological polar surface area (TPSA) is 26.0 Å². The molecule has 0 radical (unpaired) electrons. The van der Waals surface area contributed by atoms with Gasteiger partial charge in [0.15, 0.2) is 11.6 Å². The van der Waals surface area contributed by atoms with Crippen LogP contribution in [0.2, 0.25) is 0 Å². The van der Waals surface area contributed by atoms with E-state index in [0.29, 0.717) is 12.1 Å². The molecule has 1 rings (SSSR count). The number of alkyl halides is 5. The Morgan fingerprint density at radius 3 is 1.88 bits per heavy atom. The molecule has 1 aromatic rings. The number of hydrogen-bond donors (Lipinski definition) is 1. The molecule has 0 aliphatic carbocycles. The molecular formula is C9H6F7N. The molecule has 1 atom stereocenters. The quantitative estimate of drug-likeness (QED) is 0.813. The molecule has 17 heavy (non-hydrogen) atoms. The normalized spacial score (nSPS) is 14.8. The lowest BCUT2D eigenvalue weighted by Gasteiger charge is -2.25. The molecule has 1 unspecified atom stereocenters. The van der Waals surface area contributed by atoms with Gasteiger partial charge < -0.3 is 5.73 Å². The zero-order valence-corrected chi connectivity index (χ0v) is 8.03. The summed E-state index contributed by atoms with van der Waals surface area (Å²) in [6.07, 6.45) is -5.86. The Balaban J connectivity index is 3.12. The summed E-state index contributed by atoms with van der Waals surface area (Å²) in [5, 5.41) is 0. The lowest BCUT2D eigenvalue weighted by atomic mass is 10.0. The largest absolute Gasteiger partial charge is 0.455 e. The molecule has 0 heterocycles. The minimum Gasteiger partial charge on any atom is -0.319 e. The van der Waals surface area contributed by atoms with Crippen molar-refractivity contribution in [2.75, 3.05) is 0 Å². The summed E-state index contributed by atoms with van der Waals surface area (Å²) in [7, 11) is 0. The lowest BCUT2D eigenvalue weighted by molar-refractivity contribution is -0.291. The zero-order chi connectivity index (χ0) is 13.4. The van der Waals surface area contributed by atoms with E-state index < -0.39 is 35.3 Å². The molecule has 1 aromatic carbocycles. The Bertz CT molecular complexity index is 412. The van der Waals surface area contributed by atoms with Crippen LogP contribution in [-0.4, -0.2) is 12.1 Å². The number of rotatable bonds is 2. The fourth-order valence-corrected chi connectivity index (χ4v) is 1.09. The van der Waals surface area contributed by atoms with Crippen LogP contribution in [0.15, 0.2) is 18.2 Å². The van der Waals surface area contributed by atoms with Gasteiger partial charge in [0.2, 0.25) is 0 Å². The van der Waals surface area contributed by atoms with Gasteiger partial charge in [-0.05, 0) is 17.7 Å². The molecule has 0 aliphatic rings. The van der Waals surface area contributed by atoms with Crippen molar-refractivity contribution in [1.29, 1.82) is 0 Å². The third-order valence-corrected chi connectivity index (χ3v) is 2.07. The van der Waals surface area contributed by atoms with Crippen molar-refractivity contribution in [3.05, 3.63) is 35.4 Å². The van der Waals surface area contributed by atoms with Crippen LogP contribution >= 0.6 is 0 Å². The average molecular weight is 261 g/mol. The van der Waals surface area contributed by atoms with E-state index in [1.165, 1.54) is 0 Å². The maximum absolute atomic E-state index is 12.8. The van der Waals surface area contributed by atoms with Gasteiger partial charge in [-0.25, -0.2) is 8.78 Å². The van der Waals surface area contributed by atoms with Crippen LogP contribution in [0.25, 0.3) is 0 Å². The van der Waals surface area contributed by atoms with Gasteiger partial charge in [-0.3, -0.25) is 0 Å². The van der Waals surface area contributed by atoms with Crippen molar-refractivity contribution < 1.29 is 30.7 Å². The molecule has 0 aliphatic heterocycles. The highest BCUT2D eigenvalue weighted by Gasteiger charge is 2.61. The predicted octanol–water partition coefficient (Wildman–Crippen LogP) is 3.16. The van der Waals surface area contributed by atoms with Crippen LogP contribution in [0.1, 0.15) is 11.6 Å². The van der Waals surface area contributed by atoms with E-state index in [1.807, 2.05) is 0 Å². The van der Waals surface area contributed by atoms with E-state index in [9.17, 15) is 30.7 Å². The summed E-state index contributed by atoms with van der Waals surface area (Å²) in [5.74, 6) is -8.13. The van der Waals surface area contributed by atoms with Gasteiger partial charge in [0.25, 0.3) is 0 Å². The van der Waals surface area contributed by atoms with Gasteiger partial charge >= 0.3 is 12.1 Å². The Kier molecular flexibility index (Phi) is 3.37. The highest BCUT2D eigenvalue weighted by Crippen LogP contribution is 2.43. The Labute approximate surface area is 91.0 Å². The summed E-state index contributed by atoms with van der Waals surface area (Å²) in [6, 6.07) is -1.59. The molecule has 0 saturated carbocycles. The third-order valence-electron chi connectivity index (χ3n) is 2.07. The van der Waals surface area contributed by atoms with Crippen LogP contribution in [0.3, 0.4) is 0 Å². The molecule has 2 N–H and O–H groups in total. The van der Waals surface area contributed by atoms with Crippen LogP contribution in [-0.2, 0) is 0 Å². The molecular weight excluding hydrogens is 255 g/mol. The molecule has 0 fully saturated rings. The monoisotopic (exact) mass is 261 g/mol. The van der Waals surface area contributed by atoms with Crippen LogP contribution in [0.4, 0.5) is 30.7 Å². The molecule has 1 nitrogen and oxygen atoms in total. The first-order valence-corrected chi connectivity index (χ1v) is 4.22. The number of halogens is 7. The molecule has 0 spiro atoms. The minimum absolute atomic E-state index is 0.208. The smallest absolute Gasteiger partial charge is 0.319 e. The number of benzene rings is 1. The molecule has 0 bridgehead atoms. The Morgan fingerprint density at radius 2 is 1.47 bits per heavy atom. The molecule has 0 saturated heterocycles. The summed E-state index contributed by atoms with van der Waals surface area (Å²) >= 11 is 0. The van der Waals surface area contributed by atoms with E-state index >= 15 is 0 Å². The van der Waals surface area contributed by atoms with Crippen molar-refractivity contribution >= 4 is 0 Å². The van der Waals surface area contributed by atoms with E-state index in [4.69, 9.17) is 5.73 Å². The lowest BCUT2D eigenvalue weighted by Crippen LogP contribution is -2.45. The maximum Gasteiger partial charge on any atom is 0.455 e. The summed E-state index contributed by atoms with van der Waals surface area (Å²) in [6.45, 7) is 0. The number of nitrogens with two attached hydrogens (primary N) is 1. The second-order valence-corrected chi connectivity index (χ2v) is 3.27. The Hall–Kier alpha value is -1.31. The summed E-state index contributed by atoms with van der Waals surface area (Å²) in [5.41, 5.74) is 3.88. The van der Waals surface area contributed by atoms with Crippen molar-refractivity contribution in [3.63, 3.8) is 0 Å². The third kappa shape index (κ3) is 2.51. The van der Waals surface area contributed by atoms with Crippen LogP contribution < -0.4 is 5.73 Å². The first-order valence-electron chi connectivity index (χ1n) is 4.22. The van der Waals surface area contributed by atoms with Gasteiger partial charge in [0.05, 0.1) is 0 Å². The maximum atomic E-state index is 12.8. The van der Waals surface area contributed by atoms with Crippen molar-refractivity contribution in [1.82, 2.24) is 0 Å². The van der Waals surface area contributed by atoms with E-state index in [2.05, 4.69) is 0 Å². The minimum atomic E-state index is -5.86. The summed E-state index contributed by atoms with van der Waals surface area (Å²) < 4.78 is 86.5. The first kappa shape index (κ1) is 13.8. The van der Waals surface area contributed by atoms with Gasteiger partial charge in [-0.15, -0.1) is 0 Å². The molecule has 96 valence electrons. The molecule has 0 amide bonds. The highest BCUT2D eigenvalue weighted by atomic mass is 19.4. The fourth-order valence-electron chi connectivity index (χ4n) is 1.09. The average Bonchev–Trinajstić information content (AvgIpc) is 2.19. The molecule has 8 heteroatoms.